The van der Waals surface area contributed by atoms with Gasteiger partial charge >= 0.3 is 0 Å². The van der Waals surface area contributed by atoms with E-state index >= 15 is 0 Å². The number of hydrazine groups is 1. The number of rotatable bonds is 4. The number of benzene rings is 2. The highest BCUT2D eigenvalue weighted by Crippen LogP contribution is 2.17. The number of nitro groups is 1. The molecule has 0 bridgehead atoms. The van der Waals surface area contributed by atoms with E-state index in [0.717, 1.165) is 5.69 Å². The first-order valence-electron chi connectivity index (χ1n) is 5.94. The van der Waals surface area contributed by atoms with Crippen molar-refractivity contribution in [1.29, 1.82) is 0 Å². The van der Waals surface area contributed by atoms with Crippen LogP contribution < -0.4 is 10.9 Å². The Labute approximate surface area is 115 Å². The van der Waals surface area contributed by atoms with Crippen LogP contribution in [0.15, 0.2) is 48.5 Å². The molecule has 0 aromatic heterocycles. The summed E-state index contributed by atoms with van der Waals surface area (Å²) in [4.78, 5) is 22.2. The second-order valence-corrected chi connectivity index (χ2v) is 4.20. The predicted octanol–water partition coefficient (Wildman–Crippen LogP) is 2.66. The minimum atomic E-state index is -0.527. The highest BCUT2D eigenvalue weighted by atomic mass is 16.6. The molecule has 0 heterocycles. The summed E-state index contributed by atoms with van der Waals surface area (Å²) < 4.78 is 0. The summed E-state index contributed by atoms with van der Waals surface area (Å²) in [5, 5.41) is 10.7. The smallest absolute Gasteiger partial charge is 0.270 e. The molecule has 0 saturated heterocycles. The largest absolute Gasteiger partial charge is 0.298 e. The number of hydrogen-bond acceptors (Lipinski definition) is 4. The van der Waals surface area contributed by atoms with Crippen LogP contribution in [0.1, 0.15) is 15.9 Å². The number of carbonyl (C=O) groups is 1. The maximum absolute atomic E-state index is 12.0. The van der Waals surface area contributed by atoms with E-state index in [2.05, 4.69) is 10.9 Å². The summed E-state index contributed by atoms with van der Waals surface area (Å²) in [6, 6.07) is 13.3. The van der Waals surface area contributed by atoms with E-state index in [9.17, 15) is 14.9 Å². The fourth-order valence-electron chi connectivity index (χ4n) is 1.69. The number of nitrogens with zero attached hydrogens (tertiary/aromatic N) is 1. The van der Waals surface area contributed by atoms with Gasteiger partial charge in [0.1, 0.15) is 0 Å². The van der Waals surface area contributed by atoms with E-state index < -0.39 is 10.8 Å². The topological polar surface area (TPSA) is 84.3 Å². The van der Waals surface area contributed by atoms with Gasteiger partial charge in [-0.25, -0.2) is 0 Å². The van der Waals surface area contributed by atoms with Crippen LogP contribution in [0.25, 0.3) is 0 Å². The first-order chi connectivity index (χ1) is 9.58. The number of hydrogen-bond donors (Lipinski definition) is 2. The molecule has 6 heteroatoms. The normalized spacial score (nSPS) is 9.85. The molecule has 6 nitrogen and oxygen atoms in total. The van der Waals surface area contributed by atoms with Crippen LogP contribution in [-0.2, 0) is 0 Å². The Hall–Kier alpha value is -2.89. The lowest BCUT2D eigenvalue weighted by Crippen LogP contribution is -2.29. The fraction of sp³-hybridized carbons (Fsp3) is 0.0714. The van der Waals surface area contributed by atoms with Gasteiger partial charge in [-0.2, -0.15) is 0 Å². The van der Waals surface area contributed by atoms with Crippen molar-refractivity contribution in [3.05, 3.63) is 69.8 Å². The van der Waals surface area contributed by atoms with Crippen molar-refractivity contribution in [3.8, 4) is 0 Å². The second kappa shape index (κ2) is 5.83. The highest BCUT2D eigenvalue weighted by Gasteiger charge is 2.14. The molecule has 0 spiro atoms. The summed E-state index contributed by atoms with van der Waals surface area (Å²) in [5.74, 6) is -0.421. The van der Waals surface area contributed by atoms with Gasteiger partial charge in [-0.15, -0.1) is 0 Å². The minimum Gasteiger partial charge on any atom is -0.298 e. The molecule has 0 saturated carbocycles. The number of non-ortho nitro benzene ring substituents is 1. The summed E-state index contributed by atoms with van der Waals surface area (Å²) in [5.41, 5.74) is 6.81. The van der Waals surface area contributed by atoms with E-state index in [-0.39, 0.29) is 11.3 Å². The molecule has 0 atom stereocenters. The first kappa shape index (κ1) is 13.5. The molecule has 2 N–H and O–H groups in total. The van der Waals surface area contributed by atoms with Crippen LogP contribution in [0, 0.1) is 17.0 Å². The van der Waals surface area contributed by atoms with E-state index in [0.29, 0.717) is 5.56 Å². The van der Waals surface area contributed by atoms with E-state index in [4.69, 9.17) is 0 Å². The molecule has 0 aliphatic carbocycles. The molecular weight excluding hydrogens is 258 g/mol. The second-order valence-electron chi connectivity index (χ2n) is 4.20. The van der Waals surface area contributed by atoms with Gasteiger partial charge in [-0.05, 0) is 24.6 Å². The fourth-order valence-corrected chi connectivity index (χ4v) is 1.69. The average Bonchev–Trinajstić information content (AvgIpc) is 2.46. The molecule has 0 fully saturated rings. The van der Waals surface area contributed by atoms with Crippen LogP contribution in [0.4, 0.5) is 11.4 Å². The first-order valence-corrected chi connectivity index (χ1v) is 5.94. The Balaban J connectivity index is 2.13. The molecule has 0 aliphatic rings. The average molecular weight is 271 g/mol. The van der Waals surface area contributed by atoms with E-state index in [1.54, 1.807) is 25.1 Å². The van der Waals surface area contributed by atoms with Crippen LogP contribution in [0.2, 0.25) is 0 Å². The number of amides is 1. The van der Waals surface area contributed by atoms with Gasteiger partial charge in [0, 0.05) is 12.1 Å². The predicted molar refractivity (Wildman–Crippen MR) is 75.4 cm³/mol. The third-order valence-corrected chi connectivity index (χ3v) is 2.77. The highest BCUT2D eigenvalue weighted by molar-refractivity contribution is 5.96. The van der Waals surface area contributed by atoms with E-state index in [1.165, 1.54) is 12.1 Å². The number of carbonyl (C=O) groups excluding carboxylic acids is 1. The zero-order chi connectivity index (χ0) is 14.5. The third kappa shape index (κ3) is 3.11. The molecule has 0 unspecified atom stereocenters. The molecule has 0 aliphatic heterocycles. The summed E-state index contributed by atoms with van der Waals surface area (Å²) in [6.07, 6.45) is 0. The standard InChI is InChI=1S/C14H13N3O3/c1-10-7-8-12(17(19)20)9-13(10)14(18)16-15-11-5-3-2-4-6-11/h2-9,15H,1H3,(H,16,18). The molecule has 102 valence electrons. The van der Waals surface area contributed by atoms with Crippen molar-refractivity contribution in [3.63, 3.8) is 0 Å². The zero-order valence-corrected chi connectivity index (χ0v) is 10.8. The lowest BCUT2D eigenvalue weighted by molar-refractivity contribution is -0.384. The van der Waals surface area contributed by atoms with Crippen molar-refractivity contribution >= 4 is 17.3 Å². The number of para-hydroxylation sites is 1. The maximum atomic E-state index is 12.0. The van der Waals surface area contributed by atoms with Crippen LogP contribution >= 0.6 is 0 Å². The molecule has 2 aromatic rings. The van der Waals surface area contributed by atoms with Gasteiger partial charge in [0.15, 0.2) is 0 Å². The Kier molecular flexibility index (Phi) is 3.95. The lowest BCUT2D eigenvalue weighted by Gasteiger charge is -2.09. The third-order valence-electron chi connectivity index (χ3n) is 2.77. The summed E-state index contributed by atoms with van der Waals surface area (Å²) >= 11 is 0. The van der Waals surface area contributed by atoms with Crippen molar-refractivity contribution in [2.75, 3.05) is 5.43 Å². The van der Waals surface area contributed by atoms with Gasteiger partial charge in [0.2, 0.25) is 0 Å². The van der Waals surface area contributed by atoms with Crippen molar-refractivity contribution in [1.82, 2.24) is 5.43 Å². The Morgan fingerprint density at radius 1 is 1.15 bits per heavy atom. The van der Waals surface area contributed by atoms with Gasteiger partial charge in [-0.1, -0.05) is 24.3 Å². The van der Waals surface area contributed by atoms with Gasteiger partial charge < -0.3 is 0 Å². The van der Waals surface area contributed by atoms with Gasteiger partial charge in [-0.3, -0.25) is 25.8 Å². The van der Waals surface area contributed by atoms with Crippen LogP contribution in [0.5, 0.6) is 0 Å². The Morgan fingerprint density at radius 3 is 2.50 bits per heavy atom. The van der Waals surface area contributed by atoms with Gasteiger partial charge in [0.05, 0.1) is 16.2 Å². The quantitative estimate of drug-likeness (QED) is 0.661. The SMILES string of the molecule is Cc1ccc([N+](=O)[O-])cc1C(=O)NNc1ccccc1. The minimum absolute atomic E-state index is 0.111. The van der Waals surface area contributed by atoms with E-state index in [1.807, 2.05) is 18.2 Å². The summed E-state index contributed by atoms with van der Waals surface area (Å²) in [6.45, 7) is 1.72. The van der Waals surface area contributed by atoms with Crippen LogP contribution in [-0.4, -0.2) is 10.8 Å². The summed E-state index contributed by atoms with van der Waals surface area (Å²) in [7, 11) is 0. The maximum Gasteiger partial charge on any atom is 0.270 e. The Morgan fingerprint density at radius 2 is 1.85 bits per heavy atom. The molecule has 2 aromatic carbocycles. The molecule has 2 rings (SSSR count). The van der Waals surface area contributed by atoms with Crippen molar-refractivity contribution < 1.29 is 9.72 Å². The lowest BCUT2D eigenvalue weighted by atomic mass is 10.1. The monoisotopic (exact) mass is 271 g/mol. The number of aryl methyl sites for hydroxylation is 1. The van der Waals surface area contributed by atoms with Crippen molar-refractivity contribution in [2.24, 2.45) is 0 Å². The molecule has 0 radical (unpaired) electrons. The number of anilines is 1. The van der Waals surface area contributed by atoms with Crippen LogP contribution in [0.3, 0.4) is 0 Å². The molecule has 20 heavy (non-hydrogen) atoms. The number of nitrogens with one attached hydrogen (secondary N) is 2. The molecule has 1 amide bonds. The van der Waals surface area contributed by atoms with Crippen molar-refractivity contribution in [2.45, 2.75) is 6.92 Å². The number of nitro benzene ring substituents is 1. The zero-order valence-electron chi connectivity index (χ0n) is 10.8. The Bertz CT molecular complexity index is 641. The van der Waals surface area contributed by atoms with Gasteiger partial charge in [0.25, 0.3) is 11.6 Å². The molecular formula is C14H13N3O3.